The smallest absolute Gasteiger partial charge is 0.330 e. The van der Waals surface area contributed by atoms with E-state index in [1.165, 1.54) is 6.92 Å². The molecule has 1 unspecified atom stereocenters. The van der Waals surface area contributed by atoms with Crippen LogP contribution in [0.2, 0.25) is 5.02 Å². The number of benzene rings is 1. The Hall–Kier alpha value is -1.53. The fourth-order valence-corrected chi connectivity index (χ4v) is 4.04. The maximum absolute atomic E-state index is 12.9. The molecule has 0 radical (unpaired) electrons. The minimum absolute atomic E-state index is 0.0406. The molecular formula is C19H24ClF3N2O. The molecule has 3 nitrogen and oxygen atoms in total. The van der Waals surface area contributed by atoms with Gasteiger partial charge in [0, 0.05) is 36.6 Å². The van der Waals surface area contributed by atoms with Crippen molar-refractivity contribution in [1.82, 2.24) is 9.80 Å². The second kappa shape index (κ2) is 8.44. The number of rotatable bonds is 6. The average Bonchev–Trinajstić information content (AvgIpc) is 2.95. The Kier molecular flexibility index (Phi) is 6.74. The van der Waals surface area contributed by atoms with E-state index in [0.717, 1.165) is 16.9 Å². The summed E-state index contributed by atoms with van der Waals surface area (Å²) in [6.45, 7) is 5.95. The third-order valence-corrected chi connectivity index (χ3v) is 5.17. The van der Waals surface area contributed by atoms with Gasteiger partial charge in [0.2, 0.25) is 5.91 Å². The number of hydrogen-bond acceptors (Lipinski definition) is 2. The minimum Gasteiger partial charge on any atom is -0.330 e. The highest BCUT2D eigenvalue weighted by Gasteiger charge is 2.42. The van der Waals surface area contributed by atoms with Crippen molar-refractivity contribution in [2.45, 2.75) is 51.0 Å². The minimum atomic E-state index is -4.42. The lowest BCUT2D eigenvalue weighted by Crippen LogP contribution is -2.52. The first kappa shape index (κ1) is 20.8. The molecule has 1 aliphatic heterocycles. The SMILES string of the molecule is C=CCN1[C@@H](C(C)N(CC(F)(F)F)C(C)=O)CC[C@H]1c1cccc(Cl)c1. The third-order valence-electron chi connectivity index (χ3n) is 4.94. The van der Waals surface area contributed by atoms with Gasteiger partial charge >= 0.3 is 6.18 Å². The first-order chi connectivity index (χ1) is 12.1. The third kappa shape index (κ3) is 5.01. The molecule has 1 aliphatic rings. The standard InChI is InChI=1S/C19H24ClF3N2O/c1-4-10-24-17(13(2)25(14(3)26)12-19(21,22)23)8-9-18(24)15-6-5-7-16(20)11-15/h4-7,11,13,17-18H,1,8-10,12H2,2-3H3/t13?,17-,18+/m1/s1. The number of carbonyl (C=O) groups excluding carboxylic acids is 1. The van der Waals surface area contributed by atoms with E-state index in [9.17, 15) is 18.0 Å². The highest BCUT2D eigenvalue weighted by molar-refractivity contribution is 6.30. The van der Waals surface area contributed by atoms with Crippen molar-refractivity contribution in [2.24, 2.45) is 0 Å². The molecule has 2 rings (SSSR count). The summed E-state index contributed by atoms with van der Waals surface area (Å²) in [5, 5.41) is 0.625. The summed E-state index contributed by atoms with van der Waals surface area (Å²) in [7, 11) is 0. The van der Waals surface area contributed by atoms with Gasteiger partial charge in [-0.25, -0.2) is 0 Å². The predicted molar refractivity (Wildman–Crippen MR) is 97.0 cm³/mol. The van der Waals surface area contributed by atoms with E-state index in [1.54, 1.807) is 19.1 Å². The van der Waals surface area contributed by atoms with E-state index in [-0.39, 0.29) is 12.1 Å². The number of carbonyl (C=O) groups is 1. The van der Waals surface area contributed by atoms with Crippen molar-refractivity contribution in [3.05, 3.63) is 47.5 Å². The Morgan fingerprint density at radius 2 is 2.15 bits per heavy atom. The van der Waals surface area contributed by atoms with Crippen molar-refractivity contribution >= 4 is 17.5 Å². The Labute approximate surface area is 157 Å². The number of likely N-dealkylation sites (tertiary alicyclic amines) is 1. The monoisotopic (exact) mass is 388 g/mol. The molecule has 0 aromatic heterocycles. The summed E-state index contributed by atoms with van der Waals surface area (Å²) in [5.41, 5.74) is 1.03. The predicted octanol–water partition coefficient (Wildman–Crippen LogP) is 4.83. The second-order valence-corrected chi connectivity index (χ2v) is 7.14. The van der Waals surface area contributed by atoms with Crippen LogP contribution in [0, 0.1) is 0 Å². The number of amides is 1. The molecule has 0 spiro atoms. The largest absolute Gasteiger partial charge is 0.406 e. The molecule has 1 amide bonds. The quantitative estimate of drug-likeness (QED) is 0.651. The summed E-state index contributed by atoms with van der Waals surface area (Å²) >= 11 is 6.10. The van der Waals surface area contributed by atoms with E-state index in [2.05, 4.69) is 11.5 Å². The zero-order valence-electron chi connectivity index (χ0n) is 15.0. The molecule has 1 aromatic carbocycles. The van der Waals surface area contributed by atoms with Crippen LogP contribution < -0.4 is 0 Å². The van der Waals surface area contributed by atoms with Gasteiger partial charge in [-0.3, -0.25) is 9.69 Å². The molecular weight excluding hydrogens is 365 g/mol. The highest BCUT2D eigenvalue weighted by atomic mass is 35.5. The van der Waals surface area contributed by atoms with Crippen LogP contribution in [0.25, 0.3) is 0 Å². The summed E-state index contributed by atoms with van der Waals surface area (Å²) in [5.74, 6) is -0.570. The van der Waals surface area contributed by atoms with Gasteiger partial charge in [-0.15, -0.1) is 6.58 Å². The van der Waals surface area contributed by atoms with Gasteiger partial charge in [0.25, 0.3) is 0 Å². The van der Waals surface area contributed by atoms with Crippen LogP contribution in [0.3, 0.4) is 0 Å². The van der Waals surface area contributed by atoms with Crippen LogP contribution in [0.1, 0.15) is 38.3 Å². The van der Waals surface area contributed by atoms with E-state index in [1.807, 2.05) is 18.2 Å². The zero-order chi connectivity index (χ0) is 19.5. The van der Waals surface area contributed by atoms with Crippen LogP contribution in [0.5, 0.6) is 0 Å². The zero-order valence-corrected chi connectivity index (χ0v) is 15.7. The van der Waals surface area contributed by atoms with E-state index >= 15 is 0 Å². The Bertz CT molecular complexity index is 650. The van der Waals surface area contributed by atoms with Crippen molar-refractivity contribution in [2.75, 3.05) is 13.1 Å². The lowest BCUT2D eigenvalue weighted by atomic mass is 10.0. The first-order valence-electron chi connectivity index (χ1n) is 8.60. The van der Waals surface area contributed by atoms with Gasteiger partial charge in [-0.05, 0) is 37.5 Å². The Balaban J connectivity index is 2.26. The molecule has 1 fully saturated rings. The van der Waals surface area contributed by atoms with Crippen molar-refractivity contribution in [3.63, 3.8) is 0 Å². The van der Waals surface area contributed by atoms with E-state index in [4.69, 9.17) is 11.6 Å². The van der Waals surface area contributed by atoms with Gasteiger partial charge in [0.05, 0.1) is 0 Å². The van der Waals surface area contributed by atoms with E-state index in [0.29, 0.717) is 18.0 Å². The van der Waals surface area contributed by atoms with Crippen LogP contribution in [-0.4, -0.2) is 47.1 Å². The maximum atomic E-state index is 12.9. The van der Waals surface area contributed by atoms with Gasteiger partial charge in [-0.2, -0.15) is 13.2 Å². The molecule has 0 aliphatic carbocycles. The Morgan fingerprint density at radius 3 is 2.69 bits per heavy atom. The molecule has 1 saturated heterocycles. The van der Waals surface area contributed by atoms with Gasteiger partial charge in [0.15, 0.2) is 0 Å². The fourth-order valence-electron chi connectivity index (χ4n) is 3.84. The number of alkyl halides is 3. The van der Waals surface area contributed by atoms with E-state index < -0.39 is 24.7 Å². The van der Waals surface area contributed by atoms with Crippen LogP contribution >= 0.6 is 11.6 Å². The first-order valence-corrected chi connectivity index (χ1v) is 8.98. The molecule has 26 heavy (non-hydrogen) atoms. The van der Waals surface area contributed by atoms with Crippen LogP contribution in [0.4, 0.5) is 13.2 Å². The summed E-state index contributed by atoms with van der Waals surface area (Å²) < 4.78 is 38.7. The molecule has 0 N–H and O–H groups in total. The van der Waals surface area contributed by atoms with Crippen molar-refractivity contribution in [3.8, 4) is 0 Å². The average molecular weight is 389 g/mol. The summed E-state index contributed by atoms with van der Waals surface area (Å²) in [6.07, 6.45) is -1.19. The van der Waals surface area contributed by atoms with Crippen LogP contribution in [-0.2, 0) is 4.79 Å². The normalized spacial score (nSPS) is 22.2. The number of halogens is 4. The summed E-state index contributed by atoms with van der Waals surface area (Å²) in [6, 6.07) is 6.82. The highest BCUT2D eigenvalue weighted by Crippen LogP contribution is 2.39. The number of nitrogens with zero attached hydrogens (tertiary/aromatic N) is 2. The lowest BCUT2D eigenvalue weighted by molar-refractivity contribution is -0.166. The maximum Gasteiger partial charge on any atom is 0.406 e. The molecule has 3 atom stereocenters. The van der Waals surface area contributed by atoms with Crippen molar-refractivity contribution in [1.29, 1.82) is 0 Å². The van der Waals surface area contributed by atoms with Gasteiger partial charge < -0.3 is 4.90 Å². The molecule has 0 bridgehead atoms. The fraction of sp³-hybridized carbons (Fsp3) is 0.526. The van der Waals surface area contributed by atoms with Gasteiger partial charge in [-0.1, -0.05) is 29.8 Å². The topological polar surface area (TPSA) is 23.6 Å². The van der Waals surface area contributed by atoms with Crippen LogP contribution in [0.15, 0.2) is 36.9 Å². The molecule has 7 heteroatoms. The summed E-state index contributed by atoms with van der Waals surface area (Å²) in [4.78, 5) is 14.9. The number of hydrogen-bond donors (Lipinski definition) is 0. The second-order valence-electron chi connectivity index (χ2n) is 6.70. The molecule has 144 valence electrons. The van der Waals surface area contributed by atoms with Crippen molar-refractivity contribution < 1.29 is 18.0 Å². The Morgan fingerprint density at radius 1 is 1.46 bits per heavy atom. The lowest BCUT2D eigenvalue weighted by Gasteiger charge is -2.38. The molecule has 1 aromatic rings. The van der Waals surface area contributed by atoms with Gasteiger partial charge in [0.1, 0.15) is 6.54 Å². The molecule has 0 saturated carbocycles. The molecule has 1 heterocycles.